The molecule has 112 valence electrons. The predicted octanol–water partition coefficient (Wildman–Crippen LogP) is 4.24. The summed E-state index contributed by atoms with van der Waals surface area (Å²) in [6.07, 6.45) is -4.76. The molecule has 0 fully saturated rings. The molecule has 1 atom stereocenters. The van der Waals surface area contributed by atoms with E-state index in [1.54, 1.807) is 0 Å². The smallest absolute Gasteiger partial charge is 0.405 e. The highest BCUT2D eigenvalue weighted by Gasteiger charge is 2.32. The number of hydrogen-bond acceptors (Lipinski definition) is 3. The molecule has 0 aromatic heterocycles. The molecule has 1 aromatic rings. The van der Waals surface area contributed by atoms with Crippen LogP contribution in [0.4, 0.5) is 18.9 Å². The first-order chi connectivity index (χ1) is 9.10. The van der Waals surface area contributed by atoms with Crippen LogP contribution in [0.1, 0.15) is 13.8 Å². The van der Waals surface area contributed by atoms with Gasteiger partial charge in [0.25, 0.3) is 0 Å². The molecule has 0 spiro atoms. The summed E-state index contributed by atoms with van der Waals surface area (Å²) in [6.45, 7) is 3.68. The number of ether oxygens (including phenoxy) is 1. The number of halogens is 4. The minimum atomic E-state index is -4.76. The SMILES string of the molecule is CC(C)C(S)C(=O)Nc1ccc(OC(F)(F)F)c(Br)c1. The Hall–Kier alpha value is -0.890. The minimum absolute atomic E-state index is 0.0367. The van der Waals surface area contributed by atoms with E-state index in [2.05, 4.69) is 38.6 Å². The molecule has 8 heteroatoms. The molecule has 1 aromatic carbocycles. The minimum Gasteiger partial charge on any atom is -0.405 e. The molecule has 0 radical (unpaired) electrons. The normalized spacial score (nSPS) is 13.2. The van der Waals surface area contributed by atoms with Crippen molar-refractivity contribution in [3.8, 4) is 5.75 Å². The van der Waals surface area contributed by atoms with Crippen LogP contribution in [0.2, 0.25) is 0 Å². The molecule has 0 aliphatic rings. The molecule has 1 unspecified atom stereocenters. The number of carbonyl (C=O) groups is 1. The molecule has 1 rings (SSSR count). The van der Waals surface area contributed by atoms with Crippen LogP contribution in [0.15, 0.2) is 22.7 Å². The second-order valence-electron chi connectivity index (χ2n) is 4.37. The summed E-state index contributed by atoms with van der Waals surface area (Å²) in [7, 11) is 0. The van der Waals surface area contributed by atoms with Crippen LogP contribution >= 0.6 is 28.6 Å². The maximum atomic E-state index is 12.1. The van der Waals surface area contributed by atoms with Crippen LogP contribution in [-0.4, -0.2) is 17.5 Å². The first kappa shape index (κ1) is 17.2. The number of alkyl halides is 3. The quantitative estimate of drug-likeness (QED) is 0.776. The van der Waals surface area contributed by atoms with E-state index in [-0.39, 0.29) is 22.0 Å². The van der Waals surface area contributed by atoms with Crippen molar-refractivity contribution in [1.29, 1.82) is 0 Å². The lowest BCUT2D eigenvalue weighted by Crippen LogP contribution is -2.27. The van der Waals surface area contributed by atoms with E-state index >= 15 is 0 Å². The zero-order chi connectivity index (χ0) is 15.5. The highest BCUT2D eigenvalue weighted by Crippen LogP contribution is 2.32. The highest BCUT2D eigenvalue weighted by atomic mass is 79.9. The van der Waals surface area contributed by atoms with E-state index in [0.717, 1.165) is 6.07 Å². The van der Waals surface area contributed by atoms with Crippen LogP contribution in [0, 0.1) is 5.92 Å². The standard InChI is InChI=1S/C12H13BrF3NO2S/c1-6(2)10(20)11(18)17-7-3-4-9(8(13)5-7)19-12(14,15)16/h3-6,10,20H,1-2H3,(H,17,18). The van der Waals surface area contributed by atoms with Gasteiger partial charge >= 0.3 is 6.36 Å². The van der Waals surface area contributed by atoms with Crippen molar-refractivity contribution >= 4 is 40.2 Å². The molecule has 3 nitrogen and oxygen atoms in total. The number of benzene rings is 1. The maximum absolute atomic E-state index is 12.1. The van der Waals surface area contributed by atoms with Gasteiger partial charge < -0.3 is 10.1 Å². The second-order valence-corrected chi connectivity index (χ2v) is 5.78. The Bertz CT molecular complexity index is 494. The molecule has 20 heavy (non-hydrogen) atoms. The van der Waals surface area contributed by atoms with E-state index in [9.17, 15) is 18.0 Å². The van der Waals surface area contributed by atoms with Gasteiger partial charge in [0.05, 0.1) is 9.72 Å². The zero-order valence-electron chi connectivity index (χ0n) is 10.7. The van der Waals surface area contributed by atoms with Crippen LogP contribution in [0.25, 0.3) is 0 Å². The maximum Gasteiger partial charge on any atom is 0.573 e. The van der Waals surface area contributed by atoms with Crippen LogP contribution in [0.5, 0.6) is 5.75 Å². The largest absolute Gasteiger partial charge is 0.573 e. The Labute approximate surface area is 128 Å². The monoisotopic (exact) mass is 371 g/mol. The summed E-state index contributed by atoms with van der Waals surface area (Å²) >= 11 is 7.12. The number of amides is 1. The van der Waals surface area contributed by atoms with E-state index in [4.69, 9.17) is 0 Å². The highest BCUT2D eigenvalue weighted by molar-refractivity contribution is 9.10. The molecule has 0 aliphatic carbocycles. The number of nitrogens with one attached hydrogen (secondary N) is 1. The van der Waals surface area contributed by atoms with Crippen molar-refractivity contribution in [2.45, 2.75) is 25.5 Å². The fraction of sp³-hybridized carbons (Fsp3) is 0.417. The van der Waals surface area contributed by atoms with Gasteiger partial charge in [-0.1, -0.05) is 13.8 Å². The summed E-state index contributed by atoms with van der Waals surface area (Å²) in [5.41, 5.74) is 0.357. The predicted molar refractivity (Wildman–Crippen MR) is 77.1 cm³/mol. The third-order valence-electron chi connectivity index (χ3n) is 2.33. The molecular formula is C12H13BrF3NO2S. The van der Waals surface area contributed by atoms with Crippen molar-refractivity contribution in [1.82, 2.24) is 0 Å². The zero-order valence-corrected chi connectivity index (χ0v) is 13.1. The number of anilines is 1. The van der Waals surface area contributed by atoms with Gasteiger partial charge in [0.1, 0.15) is 5.75 Å². The average Bonchev–Trinajstić information content (AvgIpc) is 2.30. The Balaban J connectivity index is 2.80. The van der Waals surface area contributed by atoms with Crippen molar-refractivity contribution in [2.75, 3.05) is 5.32 Å². The summed E-state index contributed by atoms with van der Waals surface area (Å²) in [5, 5.41) is 2.07. The number of hydrogen-bond donors (Lipinski definition) is 2. The van der Waals surface area contributed by atoms with Gasteiger partial charge in [0.15, 0.2) is 0 Å². The molecule has 0 saturated carbocycles. The number of carbonyl (C=O) groups excluding carboxylic acids is 1. The Morgan fingerprint density at radius 1 is 1.40 bits per heavy atom. The van der Waals surface area contributed by atoms with Crippen LogP contribution in [-0.2, 0) is 4.79 Å². The first-order valence-electron chi connectivity index (χ1n) is 5.64. The third-order valence-corrected chi connectivity index (χ3v) is 3.78. The molecule has 0 heterocycles. The van der Waals surface area contributed by atoms with Gasteiger partial charge in [0, 0.05) is 5.69 Å². The molecule has 1 N–H and O–H groups in total. The average molecular weight is 372 g/mol. The molecule has 0 bridgehead atoms. The van der Waals surface area contributed by atoms with Gasteiger partial charge in [-0.2, -0.15) is 12.6 Å². The van der Waals surface area contributed by atoms with E-state index < -0.39 is 11.6 Å². The lowest BCUT2D eigenvalue weighted by atomic mass is 10.1. The van der Waals surface area contributed by atoms with Crippen molar-refractivity contribution in [3.63, 3.8) is 0 Å². The summed E-state index contributed by atoms with van der Waals surface area (Å²) in [4.78, 5) is 11.8. The third kappa shape index (κ3) is 5.24. The van der Waals surface area contributed by atoms with Gasteiger partial charge in [-0.15, -0.1) is 13.2 Å². The van der Waals surface area contributed by atoms with Crippen molar-refractivity contribution in [2.24, 2.45) is 5.92 Å². The van der Waals surface area contributed by atoms with Crippen LogP contribution < -0.4 is 10.1 Å². The Kier molecular flexibility index (Phi) is 5.76. The van der Waals surface area contributed by atoms with Gasteiger partial charge in [-0.25, -0.2) is 0 Å². The second kappa shape index (κ2) is 6.71. The van der Waals surface area contributed by atoms with E-state index in [0.29, 0.717) is 5.69 Å². The Morgan fingerprint density at radius 2 is 2.00 bits per heavy atom. The summed E-state index contributed by atoms with van der Waals surface area (Å²) in [5.74, 6) is -0.656. The number of thiol groups is 1. The lowest BCUT2D eigenvalue weighted by molar-refractivity contribution is -0.274. The summed E-state index contributed by atoms with van der Waals surface area (Å²) < 4.78 is 40.2. The van der Waals surface area contributed by atoms with E-state index in [1.807, 2.05) is 13.8 Å². The molecule has 0 saturated heterocycles. The van der Waals surface area contributed by atoms with Crippen molar-refractivity contribution < 1.29 is 22.7 Å². The lowest BCUT2D eigenvalue weighted by Gasteiger charge is -2.15. The molecular weight excluding hydrogens is 359 g/mol. The van der Waals surface area contributed by atoms with Crippen LogP contribution in [0.3, 0.4) is 0 Å². The Morgan fingerprint density at radius 3 is 2.45 bits per heavy atom. The first-order valence-corrected chi connectivity index (χ1v) is 6.95. The van der Waals surface area contributed by atoms with Crippen molar-refractivity contribution in [3.05, 3.63) is 22.7 Å². The topological polar surface area (TPSA) is 38.3 Å². The molecule has 1 amide bonds. The molecule has 0 aliphatic heterocycles. The van der Waals surface area contributed by atoms with E-state index in [1.165, 1.54) is 12.1 Å². The summed E-state index contributed by atoms with van der Waals surface area (Å²) in [6, 6.07) is 3.78. The van der Waals surface area contributed by atoms with Gasteiger partial charge in [0.2, 0.25) is 5.91 Å². The number of rotatable bonds is 4. The fourth-order valence-electron chi connectivity index (χ4n) is 1.30. The van der Waals surface area contributed by atoms with Gasteiger partial charge in [-0.3, -0.25) is 4.79 Å². The van der Waals surface area contributed by atoms with Gasteiger partial charge in [-0.05, 0) is 40.0 Å². The fourth-order valence-corrected chi connectivity index (χ4v) is 1.83.